The highest BCUT2D eigenvalue weighted by atomic mass is 16.4. The molecule has 2 rings (SSSR count). The zero-order valence-corrected chi connectivity index (χ0v) is 11.1. The molecule has 0 spiro atoms. The Morgan fingerprint density at radius 3 is 2.55 bits per heavy atom. The van der Waals surface area contributed by atoms with Crippen molar-refractivity contribution in [1.82, 2.24) is 10.9 Å². The number of nitrogens with two attached hydrogens (primary N) is 1. The van der Waals surface area contributed by atoms with E-state index in [2.05, 4.69) is 5.43 Å². The molecule has 0 aliphatic heterocycles. The quantitative estimate of drug-likeness (QED) is 0.612. The number of carbonyl (C=O) groups excluding carboxylic acids is 1. The highest BCUT2D eigenvalue weighted by Gasteiger charge is 2.44. The second-order valence-corrected chi connectivity index (χ2v) is 5.13. The molecule has 1 aliphatic carbocycles. The number of amides is 2. The van der Waals surface area contributed by atoms with Crippen LogP contribution in [0.2, 0.25) is 0 Å². The van der Waals surface area contributed by atoms with Crippen LogP contribution in [-0.2, 0) is 4.79 Å². The molecule has 0 aromatic heterocycles. The molecular formula is C14H19N3O3. The molecule has 6 nitrogen and oxygen atoms in total. The van der Waals surface area contributed by atoms with E-state index in [0.717, 1.165) is 24.8 Å². The van der Waals surface area contributed by atoms with E-state index in [-0.39, 0.29) is 5.92 Å². The van der Waals surface area contributed by atoms with Gasteiger partial charge in [0.25, 0.3) is 5.91 Å². The average Bonchev–Trinajstić information content (AvgIpc) is 2.46. The van der Waals surface area contributed by atoms with Crippen molar-refractivity contribution in [2.75, 3.05) is 0 Å². The van der Waals surface area contributed by atoms with Gasteiger partial charge in [-0.2, -0.15) is 0 Å². The second-order valence-electron chi connectivity index (χ2n) is 5.13. The topological polar surface area (TPSA) is 104 Å². The van der Waals surface area contributed by atoms with Crippen LogP contribution >= 0.6 is 0 Å². The van der Waals surface area contributed by atoms with Gasteiger partial charge in [-0.1, -0.05) is 43.2 Å². The van der Waals surface area contributed by atoms with Crippen molar-refractivity contribution in [2.45, 2.75) is 37.1 Å². The van der Waals surface area contributed by atoms with Crippen molar-refractivity contribution in [3.05, 3.63) is 35.9 Å². The summed E-state index contributed by atoms with van der Waals surface area (Å²) in [5, 5.41) is 8.56. The highest BCUT2D eigenvalue weighted by molar-refractivity contribution is 5.88. The third-order valence-electron chi connectivity index (χ3n) is 3.86. The monoisotopic (exact) mass is 277 g/mol. The van der Waals surface area contributed by atoms with E-state index in [4.69, 9.17) is 10.8 Å². The Morgan fingerprint density at radius 2 is 1.90 bits per heavy atom. The summed E-state index contributed by atoms with van der Waals surface area (Å²) in [5.41, 5.74) is 10.3. The van der Waals surface area contributed by atoms with Crippen molar-refractivity contribution in [2.24, 2.45) is 5.73 Å². The summed E-state index contributed by atoms with van der Waals surface area (Å²) >= 11 is 0. The first-order valence-electron chi connectivity index (χ1n) is 6.67. The lowest BCUT2D eigenvalue weighted by atomic mass is 9.69. The van der Waals surface area contributed by atoms with Gasteiger partial charge in [-0.25, -0.2) is 10.2 Å². The van der Waals surface area contributed by atoms with Gasteiger partial charge in [0.05, 0.1) is 0 Å². The first-order chi connectivity index (χ1) is 9.54. The van der Waals surface area contributed by atoms with Crippen molar-refractivity contribution in [1.29, 1.82) is 0 Å². The third-order valence-corrected chi connectivity index (χ3v) is 3.86. The van der Waals surface area contributed by atoms with Gasteiger partial charge in [0, 0.05) is 5.92 Å². The van der Waals surface area contributed by atoms with Gasteiger partial charge in [-0.15, -0.1) is 0 Å². The third kappa shape index (κ3) is 2.91. The Morgan fingerprint density at radius 1 is 1.20 bits per heavy atom. The minimum atomic E-state index is -1.31. The Hall–Kier alpha value is -2.08. The highest BCUT2D eigenvalue weighted by Crippen LogP contribution is 2.39. The first kappa shape index (κ1) is 14.3. The largest absolute Gasteiger partial charge is 0.464 e. The number of nitrogens with one attached hydrogen (secondary N) is 2. The number of benzene rings is 1. The van der Waals surface area contributed by atoms with Crippen LogP contribution in [-0.4, -0.2) is 22.6 Å². The summed E-state index contributed by atoms with van der Waals surface area (Å²) in [6, 6.07) is 9.65. The van der Waals surface area contributed by atoms with Crippen LogP contribution in [0.25, 0.3) is 0 Å². The number of carbonyl (C=O) groups is 2. The van der Waals surface area contributed by atoms with E-state index < -0.39 is 17.5 Å². The lowest BCUT2D eigenvalue weighted by Gasteiger charge is -2.39. The maximum Gasteiger partial charge on any atom is 0.423 e. The van der Waals surface area contributed by atoms with Crippen molar-refractivity contribution in [3.8, 4) is 0 Å². The molecule has 0 radical (unpaired) electrons. The average molecular weight is 277 g/mol. The zero-order chi connectivity index (χ0) is 14.6. The molecule has 2 atom stereocenters. The molecule has 1 aromatic carbocycles. The van der Waals surface area contributed by atoms with E-state index in [1.54, 1.807) is 0 Å². The number of rotatable bonds is 2. The predicted octanol–water partition coefficient (Wildman–Crippen LogP) is 1.34. The van der Waals surface area contributed by atoms with Crippen LogP contribution in [0.3, 0.4) is 0 Å². The van der Waals surface area contributed by atoms with Crippen LogP contribution in [0.4, 0.5) is 4.79 Å². The number of hydrogen-bond acceptors (Lipinski definition) is 3. The molecule has 1 aromatic rings. The molecule has 2 unspecified atom stereocenters. The Bertz CT molecular complexity index is 492. The molecular weight excluding hydrogens is 258 g/mol. The Kier molecular flexibility index (Phi) is 4.24. The van der Waals surface area contributed by atoms with Gasteiger partial charge in [-0.3, -0.25) is 10.2 Å². The molecule has 6 heteroatoms. The lowest BCUT2D eigenvalue weighted by Crippen LogP contribution is -2.61. The summed E-state index contributed by atoms with van der Waals surface area (Å²) < 4.78 is 0. The molecule has 0 bridgehead atoms. The van der Waals surface area contributed by atoms with E-state index in [9.17, 15) is 9.59 Å². The standard InChI is InChI=1S/C14H19N3O3/c15-14(12(18)16-17-13(19)20)9-5-4-8-11(14)10-6-2-1-3-7-10/h1-3,6-7,11,17H,4-5,8-9,15H2,(H,16,18)(H,19,20). The Balaban J connectivity index is 2.20. The van der Waals surface area contributed by atoms with Crippen molar-refractivity contribution >= 4 is 12.0 Å². The Labute approximate surface area is 117 Å². The van der Waals surface area contributed by atoms with Crippen molar-refractivity contribution in [3.63, 3.8) is 0 Å². The SMILES string of the molecule is NC1(C(=O)NNC(=O)O)CCCCC1c1ccccc1. The summed E-state index contributed by atoms with van der Waals surface area (Å²) in [6.45, 7) is 0. The molecule has 1 saturated carbocycles. The van der Waals surface area contributed by atoms with Gasteiger partial charge < -0.3 is 10.8 Å². The minimum Gasteiger partial charge on any atom is -0.464 e. The fourth-order valence-corrected chi connectivity index (χ4v) is 2.85. The molecule has 20 heavy (non-hydrogen) atoms. The fraction of sp³-hybridized carbons (Fsp3) is 0.429. The van der Waals surface area contributed by atoms with Crippen LogP contribution in [0.5, 0.6) is 0 Å². The van der Waals surface area contributed by atoms with E-state index in [0.29, 0.717) is 6.42 Å². The lowest BCUT2D eigenvalue weighted by molar-refractivity contribution is -0.129. The van der Waals surface area contributed by atoms with E-state index in [1.807, 2.05) is 35.8 Å². The van der Waals surface area contributed by atoms with Crippen molar-refractivity contribution < 1.29 is 14.7 Å². The molecule has 1 aliphatic rings. The maximum atomic E-state index is 12.2. The summed E-state index contributed by atoms with van der Waals surface area (Å²) in [7, 11) is 0. The molecule has 2 amide bonds. The molecule has 0 saturated heterocycles. The van der Waals surface area contributed by atoms with Gasteiger partial charge in [0.15, 0.2) is 0 Å². The fourth-order valence-electron chi connectivity index (χ4n) is 2.85. The van der Waals surface area contributed by atoms with E-state index >= 15 is 0 Å². The second kappa shape index (κ2) is 5.92. The normalized spacial score (nSPS) is 25.8. The van der Waals surface area contributed by atoms with E-state index in [1.165, 1.54) is 0 Å². The molecule has 5 N–H and O–H groups in total. The van der Waals surface area contributed by atoms with Gasteiger partial charge in [0.1, 0.15) is 5.54 Å². The van der Waals surface area contributed by atoms with Gasteiger partial charge >= 0.3 is 6.09 Å². The summed E-state index contributed by atoms with van der Waals surface area (Å²) in [6.07, 6.45) is 1.92. The molecule has 0 heterocycles. The maximum absolute atomic E-state index is 12.2. The van der Waals surface area contributed by atoms with Gasteiger partial charge in [0.2, 0.25) is 0 Å². The smallest absolute Gasteiger partial charge is 0.423 e. The van der Waals surface area contributed by atoms with Crippen LogP contribution in [0, 0.1) is 0 Å². The number of hydrazine groups is 1. The predicted molar refractivity (Wildman–Crippen MR) is 73.9 cm³/mol. The minimum absolute atomic E-state index is 0.104. The first-order valence-corrected chi connectivity index (χ1v) is 6.67. The number of carboxylic acid groups (broad SMARTS) is 1. The van der Waals surface area contributed by atoms with Crippen LogP contribution in [0.1, 0.15) is 37.2 Å². The molecule has 1 fully saturated rings. The van der Waals surface area contributed by atoms with Crippen LogP contribution in [0.15, 0.2) is 30.3 Å². The zero-order valence-electron chi connectivity index (χ0n) is 11.1. The summed E-state index contributed by atoms with van der Waals surface area (Å²) in [4.78, 5) is 22.7. The number of hydrogen-bond donors (Lipinski definition) is 4. The summed E-state index contributed by atoms with van der Waals surface area (Å²) in [5.74, 6) is -0.582. The van der Waals surface area contributed by atoms with Gasteiger partial charge in [-0.05, 0) is 18.4 Å². The van der Waals surface area contributed by atoms with Crippen LogP contribution < -0.4 is 16.6 Å². The molecule has 108 valence electrons.